The predicted molar refractivity (Wildman–Crippen MR) is 102 cm³/mol. The Balaban J connectivity index is 1.42. The van der Waals surface area contributed by atoms with Crippen LogP contribution in [0, 0.1) is 6.92 Å². The lowest BCUT2D eigenvalue weighted by atomic mass is 10.1. The molecule has 0 bridgehead atoms. The van der Waals surface area contributed by atoms with Crippen LogP contribution in [-0.4, -0.2) is 36.6 Å². The molecule has 2 aromatic rings. The first kappa shape index (κ1) is 15.5. The van der Waals surface area contributed by atoms with Gasteiger partial charge in [0.15, 0.2) is 0 Å². The summed E-state index contributed by atoms with van der Waals surface area (Å²) in [6.45, 7) is 7.92. The van der Waals surface area contributed by atoms with Gasteiger partial charge in [-0.2, -0.15) is 0 Å². The maximum absolute atomic E-state index is 5.91. The van der Waals surface area contributed by atoms with Crippen molar-refractivity contribution < 1.29 is 0 Å². The van der Waals surface area contributed by atoms with Gasteiger partial charge in [-0.1, -0.05) is 30.3 Å². The highest BCUT2D eigenvalue weighted by atomic mass is 15.3. The average Bonchev–Trinajstić information content (AvgIpc) is 3.37. The van der Waals surface area contributed by atoms with Gasteiger partial charge in [-0.15, -0.1) is 0 Å². The van der Waals surface area contributed by atoms with Gasteiger partial charge in [0, 0.05) is 49.0 Å². The Morgan fingerprint density at radius 2 is 1.83 bits per heavy atom. The predicted octanol–water partition coefficient (Wildman–Crippen LogP) is 3.64. The highest BCUT2D eigenvalue weighted by Gasteiger charge is 2.44. The van der Waals surface area contributed by atoms with Crippen molar-refractivity contribution in [2.75, 3.05) is 30.3 Å². The molecule has 4 rings (SSSR count). The summed E-state index contributed by atoms with van der Waals surface area (Å²) in [7, 11) is 0. The molecular formula is C21H27N3. The van der Waals surface area contributed by atoms with Gasteiger partial charge < -0.3 is 10.6 Å². The van der Waals surface area contributed by atoms with Gasteiger partial charge in [0.05, 0.1) is 0 Å². The lowest BCUT2D eigenvalue weighted by Gasteiger charge is -2.42. The van der Waals surface area contributed by atoms with E-state index in [4.69, 9.17) is 5.73 Å². The lowest BCUT2D eigenvalue weighted by molar-refractivity contribution is 0.216. The summed E-state index contributed by atoms with van der Waals surface area (Å²) in [4.78, 5) is 5.25. The number of rotatable bonds is 3. The molecular weight excluding hydrogens is 294 g/mol. The van der Waals surface area contributed by atoms with Crippen molar-refractivity contribution in [1.82, 2.24) is 4.90 Å². The fraction of sp³-hybridized carbons (Fsp3) is 0.429. The van der Waals surface area contributed by atoms with Crippen LogP contribution in [0.3, 0.4) is 0 Å². The molecule has 0 spiro atoms. The van der Waals surface area contributed by atoms with E-state index in [2.05, 4.69) is 66.1 Å². The molecule has 1 saturated carbocycles. The molecule has 3 nitrogen and oxygen atoms in total. The maximum Gasteiger partial charge on any atom is 0.0400 e. The van der Waals surface area contributed by atoms with E-state index in [1.807, 2.05) is 6.07 Å². The summed E-state index contributed by atoms with van der Waals surface area (Å²) in [6.07, 6.45) is 1.32. The third kappa shape index (κ3) is 2.89. The number of nitrogen functional groups attached to an aromatic ring is 1. The summed E-state index contributed by atoms with van der Waals surface area (Å²) < 4.78 is 0. The Labute approximate surface area is 145 Å². The second-order valence-corrected chi connectivity index (χ2v) is 7.40. The van der Waals surface area contributed by atoms with Crippen LogP contribution in [0.5, 0.6) is 0 Å². The van der Waals surface area contributed by atoms with Crippen LogP contribution in [0.4, 0.5) is 11.4 Å². The van der Waals surface area contributed by atoms with Crippen molar-refractivity contribution in [2.24, 2.45) is 0 Å². The van der Waals surface area contributed by atoms with Crippen molar-refractivity contribution in [1.29, 1.82) is 0 Å². The van der Waals surface area contributed by atoms with Crippen molar-refractivity contribution in [3.63, 3.8) is 0 Å². The summed E-state index contributed by atoms with van der Waals surface area (Å²) in [5.74, 6) is 0.739. The van der Waals surface area contributed by atoms with Crippen LogP contribution in [-0.2, 0) is 0 Å². The highest BCUT2D eigenvalue weighted by molar-refractivity contribution is 5.60. The minimum Gasteiger partial charge on any atom is -0.399 e. The Kier molecular flexibility index (Phi) is 3.97. The van der Waals surface area contributed by atoms with Crippen LogP contribution in [0.15, 0.2) is 48.5 Å². The quantitative estimate of drug-likeness (QED) is 0.876. The molecule has 2 fully saturated rings. The summed E-state index contributed by atoms with van der Waals surface area (Å²) in [5.41, 5.74) is 10.9. The second-order valence-electron chi connectivity index (χ2n) is 7.40. The van der Waals surface area contributed by atoms with Gasteiger partial charge in [0.2, 0.25) is 0 Å². The van der Waals surface area contributed by atoms with Crippen LogP contribution in [0.25, 0.3) is 0 Å². The number of benzene rings is 2. The smallest absolute Gasteiger partial charge is 0.0400 e. The number of nitrogens with zero attached hydrogens (tertiary/aromatic N) is 2. The Bertz CT molecular complexity index is 712. The zero-order chi connectivity index (χ0) is 16.7. The van der Waals surface area contributed by atoms with E-state index in [0.29, 0.717) is 6.04 Å². The summed E-state index contributed by atoms with van der Waals surface area (Å²) in [5, 5.41) is 0. The van der Waals surface area contributed by atoms with E-state index in [1.165, 1.54) is 23.2 Å². The SMILES string of the molecule is Cc1cc(N)ccc1N1CCN([C@@H]2C[C@H]2c2ccccc2)CC1C. The number of nitrogens with two attached hydrogens (primary N) is 1. The second kappa shape index (κ2) is 6.14. The molecule has 0 amide bonds. The first-order valence-electron chi connectivity index (χ1n) is 9.05. The van der Waals surface area contributed by atoms with Gasteiger partial charge in [-0.3, -0.25) is 4.90 Å². The van der Waals surface area contributed by atoms with E-state index in [0.717, 1.165) is 37.3 Å². The molecule has 24 heavy (non-hydrogen) atoms. The van der Waals surface area contributed by atoms with Gasteiger partial charge >= 0.3 is 0 Å². The van der Waals surface area contributed by atoms with Gasteiger partial charge in [0.25, 0.3) is 0 Å². The van der Waals surface area contributed by atoms with Crippen LogP contribution in [0.2, 0.25) is 0 Å². The average molecular weight is 321 g/mol. The number of hydrogen-bond donors (Lipinski definition) is 1. The van der Waals surface area contributed by atoms with Crippen LogP contribution in [0.1, 0.15) is 30.4 Å². The Hall–Kier alpha value is -2.00. The molecule has 1 saturated heterocycles. The molecule has 2 N–H and O–H groups in total. The molecule has 126 valence electrons. The minimum atomic E-state index is 0.540. The lowest BCUT2D eigenvalue weighted by Crippen LogP contribution is -2.53. The molecule has 2 aliphatic rings. The summed E-state index contributed by atoms with van der Waals surface area (Å²) >= 11 is 0. The van der Waals surface area contributed by atoms with Crippen molar-refractivity contribution in [3.8, 4) is 0 Å². The molecule has 1 aliphatic carbocycles. The molecule has 1 aliphatic heterocycles. The van der Waals surface area contributed by atoms with Crippen molar-refractivity contribution in [2.45, 2.75) is 38.3 Å². The zero-order valence-electron chi connectivity index (χ0n) is 14.7. The monoisotopic (exact) mass is 321 g/mol. The van der Waals surface area contributed by atoms with Gasteiger partial charge in [-0.05, 0) is 49.6 Å². The van der Waals surface area contributed by atoms with Crippen molar-refractivity contribution in [3.05, 3.63) is 59.7 Å². The first-order chi connectivity index (χ1) is 11.6. The maximum atomic E-state index is 5.91. The number of hydrogen-bond acceptors (Lipinski definition) is 3. The topological polar surface area (TPSA) is 32.5 Å². The largest absolute Gasteiger partial charge is 0.399 e. The van der Waals surface area contributed by atoms with E-state index in [-0.39, 0.29) is 0 Å². The van der Waals surface area contributed by atoms with Crippen LogP contribution < -0.4 is 10.6 Å². The first-order valence-corrected chi connectivity index (χ1v) is 9.05. The Morgan fingerprint density at radius 3 is 2.54 bits per heavy atom. The summed E-state index contributed by atoms with van der Waals surface area (Å²) in [6, 6.07) is 18.6. The number of aryl methyl sites for hydroxylation is 1. The highest BCUT2D eigenvalue weighted by Crippen LogP contribution is 2.45. The van der Waals surface area contributed by atoms with Crippen LogP contribution >= 0.6 is 0 Å². The molecule has 2 aromatic carbocycles. The van der Waals surface area contributed by atoms with E-state index in [1.54, 1.807) is 0 Å². The fourth-order valence-electron chi connectivity index (χ4n) is 4.29. The molecule has 0 aromatic heterocycles. The van der Waals surface area contributed by atoms with E-state index >= 15 is 0 Å². The minimum absolute atomic E-state index is 0.540. The fourth-order valence-corrected chi connectivity index (χ4v) is 4.29. The van der Waals surface area contributed by atoms with Crippen molar-refractivity contribution >= 4 is 11.4 Å². The molecule has 1 unspecified atom stereocenters. The number of piperazine rings is 1. The van der Waals surface area contributed by atoms with E-state index in [9.17, 15) is 0 Å². The van der Waals surface area contributed by atoms with Gasteiger partial charge in [-0.25, -0.2) is 0 Å². The standard InChI is InChI=1S/C21H27N3/c1-15-12-18(22)8-9-20(15)24-11-10-23(14-16(24)2)21-13-19(21)17-6-4-3-5-7-17/h3-9,12,16,19,21H,10-11,13-14,22H2,1-2H3/t16?,19-,21+/m0/s1. The molecule has 0 radical (unpaired) electrons. The molecule has 1 heterocycles. The number of anilines is 2. The molecule has 3 atom stereocenters. The normalized spacial score (nSPS) is 27.2. The molecule has 3 heteroatoms. The third-order valence-corrected chi connectivity index (χ3v) is 5.64. The van der Waals surface area contributed by atoms with Gasteiger partial charge in [0.1, 0.15) is 0 Å². The van der Waals surface area contributed by atoms with E-state index < -0.39 is 0 Å². The zero-order valence-corrected chi connectivity index (χ0v) is 14.7. The Morgan fingerprint density at radius 1 is 1.04 bits per heavy atom. The third-order valence-electron chi connectivity index (χ3n) is 5.64.